The standard InChI is InChI=1S/C14H21N5O3/c1-14(2,3)8(20)7-19-9-10(15-12(19)17(4)5)18(6)13(22)16-11(9)21/h7H2,1-6H3,(H,16,21,22). The number of hydrogen-bond acceptors (Lipinski definition) is 5. The fraction of sp³-hybridized carbons (Fsp3) is 0.571. The smallest absolute Gasteiger partial charge is 0.329 e. The number of aromatic amines is 1. The summed E-state index contributed by atoms with van der Waals surface area (Å²) in [5.74, 6) is 0.433. The van der Waals surface area contributed by atoms with Crippen LogP contribution in [0.3, 0.4) is 0 Å². The molecule has 1 N–H and O–H groups in total. The summed E-state index contributed by atoms with van der Waals surface area (Å²) in [6.45, 7) is 5.49. The van der Waals surface area contributed by atoms with Gasteiger partial charge in [-0.3, -0.25) is 23.7 Å². The molecule has 0 bridgehead atoms. The van der Waals surface area contributed by atoms with Crippen molar-refractivity contribution in [2.75, 3.05) is 19.0 Å². The second kappa shape index (κ2) is 5.11. The van der Waals surface area contributed by atoms with Gasteiger partial charge in [0.1, 0.15) is 0 Å². The van der Waals surface area contributed by atoms with Gasteiger partial charge in [0.25, 0.3) is 5.56 Å². The van der Waals surface area contributed by atoms with Gasteiger partial charge in [-0.25, -0.2) is 4.79 Å². The highest BCUT2D eigenvalue weighted by Crippen LogP contribution is 2.21. The number of fused-ring (bicyclic) bond motifs is 1. The summed E-state index contributed by atoms with van der Waals surface area (Å²) in [7, 11) is 5.07. The summed E-state index contributed by atoms with van der Waals surface area (Å²) in [5, 5.41) is 0. The van der Waals surface area contributed by atoms with E-state index in [4.69, 9.17) is 0 Å². The summed E-state index contributed by atoms with van der Waals surface area (Å²) in [6.07, 6.45) is 0. The van der Waals surface area contributed by atoms with Gasteiger partial charge in [-0.15, -0.1) is 0 Å². The number of Topliss-reactive ketones (excluding diaryl/α,β-unsaturated/α-hetero) is 1. The highest BCUT2D eigenvalue weighted by molar-refractivity contribution is 5.86. The third kappa shape index (κ3) is 2.56. The molecule has 0 aliphatic rings. The van der Waals surface area contributed by atoms with Gasteiger partial charge in [0.2, 0.25) is 5.95 Å². The Hall–Kier alpha value is -2.38. The van der Waals surface area contributed by atoms with Crippen molar-refractivity contribution in [2.45, 2.75) is 27.3 Å². The van der Waals surface area contributed by atoms with Crippen LogP contribution in [0.1, 0.15) is 20.8 Å². The predicted octanol–water partition coefficient (Wildman–Crippen LogP) is 0.104. The Balaban J connectivity index is 2.79. The quantitative estimate of drug-likeness (QED) is 0.868. The number of carbonyl (C=O) groups is 1. The van der Waals surface area contributed by atoms with Gasteiger partial charge >= 0.3 is 5.69 Å². The molecule has 0 aliphatic carbocycles. The van der Waals surface area contributed by atoms with Crippen molar-refractivity contribution >= 4 is 22.9 Å². The number of nitrogens with zero attached hydrogens (tertiary/aromatic N) is 4. The molecule has 120 valence electrons. The van der Waals surface area contributed by atoms with E-state index in [-0.39, 0.29) is 23.5 Å². The lowest BCUT2D eigenvalue weighted by Crippen LogP contribution is -2.31. The van der Waals surface area contributed by atoms with E-state index < -0.39 is 16.7 Å². The van der Waals surface area contributed by atoms with Crippen molar-refractivity contribution in [2.24, 2.45) is 12.5 Å². The largest absolute Gasteiger partial charge is 0.348 e. The molecule has 2 aromatic heterocycles. The lowest BCUT2D eigenvalue weighted by Gasteiger charge is -2.19. The van der Waals surface area contributed by atoms with Crippen molar-refractivity contribution in [3.05, 3.63) is 20.8 Å². The minimum absolute atomic E-state index is 0.0226. The fourth-order valence-electron chi connectivity index (χ4n) is 2.10. The minimum Gasteiger partial charge on any atom is -0.348 e. The predicted molar refractivity (Wildman–Crippen MR) is 84.4 cm³/mol. The molecule has 0 amide bonds. The molecule has 0 aromatic carbocycles. The zero-order valence-corrected chi connectivity index (χ0v) is 13.7. The van der Waals surface area contributed by atoms with Gasteiger partial charge < -0.3 is 4.90 Å². The molecule has 2 rings (SSSR count). The topological polar surface area (TPSA) is 93.0 Å². The second-order valence-corrected chi connectivity index (χ2v) is 6.56. The number of nitrogens with one attached hydrogen (secondary N) is 1. The van der Waals surface area contributed by atoms with Crippen molar-refractivity contribution in [3.63, 3.8) is 0 Å². The Morgan fingerprint density at radius 2 is 1.86 bits per heavy atom. The fourth-order valence-corrected chi connectivity index (χ4v) is 2.10. The van der Waals surface area contributed by atoms with E-state index in [1.165, 1.54) is 11.6 Å². The van der Waals surface area contributed by atoms with E-state index in [1.807, 2.05) is 20.8 Å². The molecule has 8 heteroatoms. The van der Waals surface area contributed by atoms with Crippen LogP contribution in [-0.2, 0) is 18.4 Å². The average molecular weight is 307 g/mol. The first kappa shape index (κ1) is 16.0. The van der Waals surface area contributed by atoms with E-state index in [0.717, 1.165) is 0 Å². The second-order valence-electron chi connectivity index (χ2n) is 6.56. The molecular formula is C14H21N5O3. The van der Waals surface area contributed by atoms with Crippen LogP contribution in [0.5, 0.6) is 0 Å². The van der Waals surface area contributed by atoms with Crippen molar-refractivity contribution in [1.82, 2.24) is 19.1 Å². The van der Waals surface area contributed by atoms with Gasteiger partial charge in [0.05, 0.1) is 6.54 Å². The van der Waals surface area contributed by atoms with Crippen LogP contribution >= 0.6 is 0 Å². The molecule has 0 aliphatic heterocycles. The number of ketones is 1. The maximum atomic E-state index is 12.4. The number of aromatic nitrogens is 4. The van der Waals surface area contributed by atoms with Crippen LogP contribution in [0.15, 0.2) is 9.59 Å². The van der Waals surface area contributed by atoms with Gasteiger partial charge in [0, 0.05) is 26.6 Å². The molecule has 0 spiro atoms. The van der Waals surface area contributed by atoms with Gasteiger partial charge in [-0.05, 0) is 0 Å². The first-order valence-electron chi connectivity index (χ1n) is 6.94. The maximum absolute atomic E-state index is 12.4. The van der Waals surface area contributed by atoms with Crippen LogP contribution in [0, 0.1) is 5.41 Å². The zero-order chi connectivity index (χ0) is 16.8. The van der Waals surface area contributed by atoms with Crippen LogP contribution in [0.4, 0.5) is 5.95 Å². The third-order valence-corrected chi connectivity index (χ3v) is 3.53. The Morgan fingerprint density at radius 3 is 2.36 bits per heavy atom. The van der Waals surface area contributed by atoms with E-state index in [9.17, 15) is 14.4 Å². The number of anilines is 1. The molecule has 0 unspecified atom stereocenters. The van der Waals surface area contributed by atoms with E-state index in [1.54, 1.807) is 23.6 Å². The minimum atomic E-state index is -0.541. The molecule has 8 nitrogen and oxygen atoms in total. The maximum Gasteiger partial charge on any atom is 0.329 e. The number of H-pyrrole nitrogens is 1. The molecule has 0 saturated heterocycles. The van der Waals surface area contributed by atoms with Crippen LogP contribution in [-0.4, -0.2) is 39.0 Å². The van der Waals surface area contributed by atoms with Crippen LogP contribution in [0.2, 0.25) is 0 Å². The van der Waals surface area contributed by atoms with Gasteiger partial charge in [0.15, 0.2) is 16.9 Å². The summed E-state index contributed by atoms with van der Waals surface area (Å²) in [4.78, 5) is 44.6. The monoisotopic (exact) mass is 307 g/mol. The SMILES string of the molecule is CN(C)c1nc2c(c(=O)[nH]c(=O)n2C)n1CC(=O)C(C)(C)C. The van der Waals surface area contributed by atoms with E-state index in [2.05, 4.69) is 9.97 Å². The van der Waals surface area contributed by atoms with Crippen molar-refractivity contribution in [3.8, 4) is 0 Å². The normalized spacial score (nSPS) is 11.9. The van der Waals surface area contributed by atoms with Crippen LogP contribution < -0.4 is 16.1 Å². The van der Waals surface area contributed by atoms with Crippen molar-refractivity contribution < 1.29 is 4.79 Å². The lowest BCUT2D eigenvalue weighted by molar-refractivity contribution is -0.126. The van der Waals surface area contributed by atoms with Gasteiger partial charge in [-0.2, -0.15) is 4.98 Å². The van der Waals surface area contributed by atoms with Gasteiger partial charge in [-0.1, -0.05) is 20.8 Å². The molecule has 2 heterocycles. The highest BCUT2D eigenvalue weighted by Gasteiger charge is 2.26. The summed E-state index contributed by atoms with van der Waals surface area (Å²) < 4.78 is 2.82. The van der Waals surface area contributed by atoms with E-state index >= 15 is 0 Å². The average Bonchev–Trinajstić information content (AvgIpc) is 2.75. The molecule has 0 atom stereocenters. The lowest BCUT2D eigenvalue weighted by atomic mass is 9.91. The molecule has 2 aromatic rings. The van der Waals surface area contributed by atoms with Crippen molar-refractivity contribution in [1.29, 1.82) is 0 Å². The molecular weight excluding hydrogens is 286 g/mol. The summed E-state index contributed by atoms with van der Waals surface area (Å²) in [5.41, 5.74) is -1.12. The first-order valence-corrected chi connectivity index (χ1v) is 6.94. The Bertz CT molecular complexity index is 848. The third-order valence-electron chi connectivity index (χ3n) is 3.53. The molecule has 0 radical (unpaired) electrons. The summed E-state index contributed by atoms with van der Waals surface area (Å²) in [6, 6.07) is 0. The number of carbonyl (C=O) groups excluding carboxylic acids is 1. The highest BCUT2D eigenvalue weighted by atomic mass is 16.2. The first-order chi connectivity index (χ1) is 10.0. The molecule has 0 fully saturated rings. The molecule has 22 heavy (non-hydrogen) atoms. The van der Waals surface area contributed by atoms with E-state index in [0.29, 0.717) is 5.95 Å². The Morgan fingerprint density at radius 1 is 1.27 bits per heavy atom. The number of rotatable bonds is 3. The number of aryl methyl sites for hydroxylation is 1. The number of hydrogen-bond donors (Lipinski definition) is 1. The zero-order valence-electron chi connectivity index (χ0n) is 13.7. The molecule has 0 saturated carbocycles. The Kier molecular flexibility index (Phi) is 3.72. The van der Waals surface area contributed by atoms with Crippen LogP contribution in [0.25, 0.3) is 11.2 Å². The Labute approximate surface area is 127 Å². The number of imidazole rings is 1. The summed E-state index contributed by atoms with van der Waals surface area (Å²) >= 11 is 0.